The van der Waals surface area contributed by atoms with Crippen molar-refractivity contribution in [3.8, 4) is 5.75 Å². The van der Waals surface area contributed by atoms with Crippen molar-refractivity contribution >= 4 is 21.6 Å². The van der Waals surface area contributed by atoms with Gasteiger partial charge in [-0.2, -0.15) is 0 Å². The number of aromatic nitrogens is 1. The fourth-order valence-electron chi connectivity index (χ4n) is 3.67. The quantitative estimate of drug-likeness (QED) is 0.558. The number of benzene rings is 1. The first kappa shape index (κ1) is 23.9. The second kappa shape index (κ2) is 9.38. The van der Waals surface area contributed by atoms with Gasteiger partial charge in [0.2, 0.25) is 10.0 Å². The molecule has 1 aliphatic rings. The number of hydrogen-bond donors (Lipinski definition) is 2. The van der Waals surface area contributed by atoms with Crippen molar-refractivity contribution in [1.29, 1.82) is 5.41 Å². The third-order valence-electron chi connectivity index (χ3n) is 5.76. The third-order valence-corrected chi connectivity index (χ3v) is 7.71. The zero-order chi connectivity index (χ0) is 23.6. The molecule has 9 heteroatoms. The molecule has 0 saturated heterocycles. The Morgan fingerprint density at radius 1 is 1.28 bits per heavy atom. The van der Waals surface area contributed by atoms with Crippen molar-refractivity contribution in [3.63, 3.8) is 0 Å². The summed E-state index contributed by atoms with van der Waals surface area (Å²) in [6, 6.07) is 6.61. The van der Waals surface area contributed by atoms with Crippen LogP contribution in [0, 0.1) is 12.3 Å². The van der Waals surface area contributed by atoms with Gasteiger partial charge in [0.25, 0.3) is 0 Å². The number of carbonyl (C=O) groups excluding carboxylic acids is 1. The van der Waals surface area contributed by atoms with E-state index in [0.29, 0.717) is 24.2 Å². The summed E-state index contributed by atoms with van der Waals surface area (Å²) in [7, 11) is -2.51. The van der Waals surface area contributed by atoms with E-state index in [9.17, 15) is 18.3 Å². The smallest absolute Gasteiger partial charge is 0.246 e. The molecule has 1 aliphatic heterocycles. The predicted octanol–water partition coefficient (Wildman–Crippen LogP) is 3.10. The van der Waals surface area contributed by atoms with Crippen LogP contribution in [-0.2, 0) is 23.0 Å². The second-order valence-electron chi connectivity index (χ2n) is 8.09. The van der Waals surface area contributed by atoms with Crippen LogP contribution >= 0.6 is 0 Å². The van der Waals surface area contributed by atoms with E-state index in [0.717, 1.165) is 28.4 Å². The van der Waals surface area contributed by atoms with Gasteiger partial charge >= 0.3 is 0 Å². The molecule has 172 valence electrons. The zero-order valence-electron chi connectivity index (χ0n) is 19.0. The maximum atomic E-state index is 13.2. The lowest BCUT2D eigenvalue weighted by atomic mass is 10.0. The summed E-state index contributed by atoms with van der Waals surface area (Å²) in [6.45, 7) is 6.12. The average molecular weight is 459 g/mol. The lowest BCUT2D eigenvalue weighted by molar-refractivity contribution is 0.0962. The number of phenols is 1. The summed E-state index contributed by atoms with van der Waals surface area (Å²) >= 11 is 0. The molecule has 0 atom stereocenters. The number of nitrogens with zero attached hydrogens (tertiary/aromatic N) is 3. The van der Waals surface area contributed by atoms with Gasteiger partial charge in [-0.1, -0.05) is 26.3 Å². The number of rotatable bonds is 9. The standard InChI is InChI=1S/C23H30N4O4S/c1-5-7-8-16-11-18(12-20(22(16)29)32(30,31)26(4)6-2)19(28)14-27-13-17-10-9-15(3)25-21(17)23(27)24/h9-12,24,29H,5-8,13-14H2,1-4H3. The second-order valence-corrected chi connectivity index (χ2v) is 10.1. The Bertz CT molecular complexity index is 1160. The number of Topliss-reactive ketones (excluding diaryl/α,β-unsaturated/α-hetero) is 1. The number of nitrogens with one attached hydrogen (secondary N) is 1. The number of unbranched alkanes of at least 4 members (excludes halogenated alkanes) is 1. The van der Waals surface area contributed by atoms with Gasteiger partial charge in [0.05, 0.1) is 6.54 Å². The SMILES string of the molecule is CCCCc1cc(C(=O)CN2Cc3ccc(C)nc3C2=N)cc(S(=O)(=O)N(C)CC)c1O. The van der Waals surface area contributed by atoms with Crippen LogP contribution in [0.4, 0.5) is 0 Å². The van der Waals surface area contributed by atoms with E-state index in [4.69, 9.17) is 5.41 Å². The molecule has 0 spiro atoms. The number of pyridine rings is 1. The highest BCUT2D eigenvalue weighted by atomic mass is 32.2. The van der Waals surface area contributed by atoms with Crippen LogP contribution in [0.1, 0.15) is 59.6 Å². The van der Waals surface area contributed by atoms with Crippen molar-refractivity contribution in [2.45, 2.75) is 51.5 Å². The Hall–Kier alpha value is -2.78. The van der Waals surface area contributed by atoms with Gasteiger partial charge in [-0.25, -0.2) is 17.7 Å². The number of sulfonamides is 1. The molecule has 0 fully saturated rings. The van der Waals surface area contributed by atoms with Gasteiger partial charge in [0, 0.05) is 37.0 Å². The molecule has 2 heterocycles. The van der Waals surface area contributed by atoms with Crippen molar-refractivity contribution in [1.82, 2.24) is 14.2 Å². The maximum absolute atomic E-state index is 13.2. The summed E-state index contributed by atoms with van der Waals surface area (Å²) in [5, 5.41) is 19.1. The molecule has 0 amide bonds. The molecule has 1 aromatic heterocycles. The molecule has 8 nitrogen and oxygen atoms in total. The summed E-state index contributed by atoms with van der Waals surface area (Å²) in [6.07, 6.45) is 2.09. The predicted molar refractivity (Wildman–Crippen MR) is 123 cm³/mol. The topological polar surface area (TPSA) is 115 Å². The molecular formula is C23H30N4O4S. The summed E-state index contributed by atoms with van der Waals surface area (Å²) < 4.78 is 27.1. The number of phenolic OH excluding ortho intramolecular Hbond substituents is 1. The Balaban J connectivity index is 1.95. The van der Waals surface area contributed by atoms with Gasteiger partial charge < -0.3 is 10.0 Å². The van der Waals surface area contributed by atoms with Crippen LogP contribution in [0.3, 0.4) is 0 Å². The summed E-state index contributed by atoms with van der Waals surface area (Å²) in [5.41, 5.74) is 2.91. The maximum Gasteiger partial charge on any atom is 0.246 e. The Labute approximate surface area is 189 Å². The first-order valence-corrected chi connectivity index (χ1v) is 12.2. The molecule has 1 aromatic carbocycles. The number of aromatic hydroxyl groups is 1. The monoisotopic (exact) mass is 458 g/mol. The molecule has 0 aliphatic carbocycles. The van der Waals surface area contributed by atoms with E-state index in [1.807, 2.05) is 26.0 Å². The van der Waals surface area contributed by atoms with Crippen LogP contribution in [0.15, 0.2) is 29.2 Å². The summed E-state index contributed by atoms with van der Waals surface area (Å²) in [5.74, 6) is -0.426. The fourth-order valence-corrected chi connectivity index (χ4v) is 5.00. The van der Waals surface area contributed by atoms with Gasteiger partial charge in [0.1, 0.15) is 22.2 Å². The van der Waals surface area contributed by atoms with Crippen LogP contribution in [0.2, 0.25) is 0 Å². The highest BCUT2D eigenvalue weighted by Crippen LogP contribution is 2.32. The minimum absolute atomic E-state index is 0.0741. The van der Waals surface area contributed by atoms with Crippen molar-refractivity contribution in [2.24, 2.45) is 0 Å². The van der Waals surface area contributed by atoms with Crippen molar-refractivity contribution in [2.75, 3.05) is 20.1 Å². The fraction of sp³-hybridized carbons (Fsp3) is 0.435. The van der Waals surface area contributed by atoms with Gasteiger partial charge in [-0.15, -0.1) is 0 Å². The molecule has 32 heavy (non-hydrogen) atoms. The Morgan fingerprint density at radius 2 is 2.00 bits per heavy atom. The Morgan fingerprint density at radius 3 is 2.66 bits per heavy atom. The highest BCUT2D eigenvalue weighted by Gasteiger charge is 2.30. The molecule has 0 radical (unpaired) electrons. The lowest BCUT2D eigenvalue weighted by Gasteiger charge is -2.20. The largest absolute Gasteiger partial charge is 0.506 e. The van der Waals surface area contributed by atoms with Crippen molar-refractivity contribution < 1.29 is 18.3 Å². The van der Waals surface area contributed by atoms with E-state index in [1.165, 1.54) is 13.1 Å². The van der Waals surface area contributed by atoms with E-state index >= 15 is 0 Å². The van der Waals surface area contributed by atoms with Crippen LogP contribution in [-0.4, -0.2) is 59.5 Å². The zero-order valence-corrected chi connectivity index (χ0v) is 19.8. The average Bonchev–Trinajstić information content (AvgIpc) is 3.06. The van der Waals surface area contributed by atoms with Crippen LogP contribution < -0.4 is 0 Å². The molecule has 2 N–H and O–H groups in total. The van der Waals surface area contributed by atoms with Gasteiger partial charge in [-0.3, -0.25) is 10.2 Å². The normalized spacial score (nSPS) is 13.7. The number of amidine groups is 1. The first-order chi connectivity index (χ1) is 15.1. The highest BCUT2D eigenvalue weighted by molar-refractivity contribution is 7.89. The number of aryl methyl sites for hydroxylation is 2. The molecule has 0 saturated carbocycles. The minimum atomic E-state index is -3.94. The van der Waals surface area contributed by atoms with Crippen molar-refractivity contribution in [3.05, 3.63) is 52.3 Å². The number of fused-ring (bicyclic) bond motifs is 1. The third kappa shape index (κ3) is 4.54. The van der Waals surface area contributed by atoms with Crippen LogP contribution in [0.5, 0.6) is 5.75 Å². The van der Waals surface area contributed by atoms with Crippen LogP contribution in [0.25, 0.3) is 0 Å². The molecule has 2 aromatic rings. The molecule has 0 bridgehead atoms. The first-order valence-electron chi connectivity index (χ1n) is 10.8. The molecule has 3 rings (SSSR count). The number of ketones is 1. The Kier molecular flexibility index (Phi) is 7.00. The molecular weight excluding hydrogens is 428 g/mol. The van der Waals surface area contributed by atoms with E-state index in [2.05, 4.69) is 4.98 Å². The van der Waals surface area contributed by atoms with Gasteiger partial charge in [-0.05, 0) is 43.5 Å². The number of carbonyl (C=O) groups is 1. The lowest BCUT2D eigenvalue weighted by Crippen LogP contribution is -2.31. The van der Waals surface area contributed by atoms with E-state index in [1.54, 1.807) is 17.9 Å². The molecule has 0 unspecified atom stereocenters. The van der Waals surface area contributed by atoms with E-state index in [-0.39, 0.29) is 40.9 Å². The number of hydrogen-bond acceptors (Lipinski definition) is 6. The minimum Gasteiger partial charge on any atom is -0.506 e. The van der Waals surface area contributed by atoms with Gasteiger partial charge in [0.15, 0.2) is 5.78 Å². The summed E-state index contributed by atoms with van der Waals surface area (Å²) in [4.78, 5) is 19.0. The van der Waals surface area contributed by atoms with E-state index < -0.39 is 10.0 Å².